The fraction of sp³-hybridized carbons (Fsp3) is 0.917. The van der Waals surface area contributed by atoms with Gasteiger partial charge in [0.25, 0.3) is 0 Å². The van der Waals surface area contributed by atoms with Gasteiger partial charge in [-0.25, -0.2) is 0 Å². The van der Waals surface area contributed by atoms with Gasteiger partial charge < -0.3 is 10.6 Å². The first-order chi connectivity index (χ1) is 7.47. The summed E-state index contributed by atoms with van der Waals surface area (Å²) in [5.74, 6) is 2.35. The van der Waals surface area contributed by atoms with Crippen molar-refractivity contribution in [3.8, 4) is 0 Å². The average molecular weight is 246 g/mol. The number of amides is 1. The van der Waals surface area contributed by atoms with Gasteiger partial charge in [-0.05, 0) is 37.3 Å². The van der Waals surface area contributed by atoms with E-state index >= 15 is 0 Å². The molecule has 16 heavy (non-hydrogen) atoms. The summed E-state index contributed by atoms with van der Waals surface area (Å²) in [6.45, 7) is 9.96. The Bertz CT molecular complexity index is 197. The van der Waals surface area contributed by atoms with Gasteiger partial charge in [-0.1, -0.05) is 20.8 Å². The molecular weight excluding hydrogens is 220 g/mol. The van der Waals surface area contributed by atoms with E-state index < -0.39 is 0 Å². The molecule has 0 aromatic carbocycles. The molecule has 0 rings (SSSR count). The molecule has 0 spiro atoms. The predicted molar refractivity (Wildman–Crippen MR) is 72.9 cm³/mol. The molecule has 0 saturated carbocycles. The summed E-state index contributed by atoms with van der Waals surface area (Å²) >= 11 is 1.84. The fourth-order valence-corrected chi connectivity index (χ4v) is 1.96. The van der Waals surface area contributed by atoms with Gasteiger partial charge in [0.15, 0.2) is 0 Å². The standard InChI is InChI=1S/C12H26N2OS/c1-9(2)6-14-12(15)11(4)13-7-10(3)8-16-5/h9-11,13H,6-8H2,1-5H3,(H,14,15). The lowest BCUT2D eigenvalue weighted by molar-refractivity contribution is -0.122. The predicted octanol–water partition coefficient (Wildman–Crippen LogP) is 1.74. The molecule has 2 N–H and O–H groups in total. The van der Waals surface area contributed by atoms with E-state index in [9.17, 15) is 4.79 Å². The summed E-state index contributed by atoms with van der Waals surface area (Å²) in [6.07, 6.45) is 2.11. The molecule has 0 radical (unpaired) electrons. The number of carbonyl (C=O) groups excluding carboxylic acids is 1. The highest BCUT2D eigenvalue weighted by Crippen LogP contribution is 2.03. The number of thioether (sulfide) groups is 1. The van der Waals surface area contributed by atoms with E-state index in [1.807, 2.05) is 18.7 Å². The summed E-state index contributed by atoms with van der Waals surface area (Å²) in [4.78, 5) is 11.6. The Kier molecular flexibility index (Phi) is 8.76. The van der Waals surface area contributed by atoms with Crippen LogP contribution >= 0.6 is 11.8 Å². The Morgan fingerprint density at radius 2 is 1.81 bits per heavy atom. The first-order valence-electron chi connectivity index (χ1n) is 5.97. The highest BCUT2D eigenvalue weighted by atomic mass is 32.2. The van der Waals surface area contributed by atoms with Crippen LogP contribution in [0.15, 0.2) is 0 Å². The van der Waals surface area contributed by atoms with E-state index in [1.165, 1.54) is 0 Å². The number of carbonyl (C=O) groups is 1. The normalized spacial score (nSPS) is 14.9. The number of hydrogen-bond acceptors (Lipinski definition) is 3. The molecule has 96 valence electrons. The molecule has 2 atom stereocenters. The maximum atomic E-state index is 11.6. The topological polar surface area (TPSA) is 41.1 Å². The second-order valence-corrected chi connectivity index (χ2v) is 5.74. The van der Waals surface area contributed by atoms with Gasteiger partial charge in [0.05, 0.1) is 6.04 Å². The first kappa shape index (κ1) is 15.8. The van der Waals surface area contributed by atoms with Crippen molar-refractivity contribution >= 4 is 17.7 Å². The Morgan fingerprint density at radius 3 is 2.31 bits per heavy atom. The summed E-state index contributed by atoms with van der Waals surface area (Å²) in [5.41, 5.74) is 0. The van der Waals surface area contributed by atoms with E-state index in [1.54, 1.807) is 0 Å². The van der Waals surface area contributed by atoms with E-state index in [2.05, 4.69) is 37.7 Å². The molecule has 0 heterocycles. The van der Waals surface area contributed by atoms with Gasteiger partial charge >= 0.3 is 0 Å². The zero-order chi connectivity index (χ0) is 12.6. The van der Waals surface area contributed by atoms with Crippen LogP contribution in [0.3, 0.4) is 0 Å². The minimum absolute atomic E-state index is 0.0944. The molecule has 0 fully saturated rings. The van der Waals surface area contributed by atoms with Crippen molar-refractivity contribution in [2.75, 3.05) is 25.1 Å². The van der Waals surface area contributed by atoms with Crippen molar-refractivity contribution in [2.24, 2.45) is 11.8 Å². The Labute approximate surface area is 104 Å². The van der Waals surface area contributed by atoms with Crippen LogP contribution in [0.2, 0.25) is 0 Å². The second-order valence-electron chi connectivity index (χ2n) is 4.83. The molecule has 4 heteroatoms. The van der Waals surface area contributed by atoms with Crippen LogP contribution in [0.4, 0.5) is 0 Å². The number of hydrogen-bond donors (Lipinski definition) is 2. The van der Waals surface area contributed by atoms with Crippen molar-refractivity contribution < 1.29 is 4.79 Å². The van der Waals surface area contributed by atoms with Gasteiger partial charge in [0, 0.05) is 6.54 Å². The van der Waals surface area contributed by atoms with Crippen LogP contribution in [0.25, 0.3) is 0 Å². The number of rotatable bonds is 8. The van der Waals surface area contributed by atoms with Gasteiger partial charge in [0.2, 0.25) is 5.91 Å². The Balaban J connectivity index is 3.70. The molecule has 1 amide bonds. The number of nitrogens with one attached hydrogen (secondary N) is 2. The summed E-state index contributed by atoms with van der Waals surface area (Å²) < 4.78 is 0. The van der Waals surface area contributed by atoms with Crippen LogP contribution in [-0.2, 0) is 4.79 Å². The van der Waals surface area contributed by atoms with Crippen LogP contribution in [0, 0.1) is 11.8 Å². The summed E-state index contributed by atoms with van der Waals surface area (Å²) in [5, 5.41) is 6.20. The maximum Gasteiger partial charge on any atom is 0.236 e. The second kappa shape index (κ2) is 8.88. The fourth-order valence-electron chi connectivity index (χ4n) is 1.27. The van der Waals surface area contributed by atoms with Crippen molar-refractivity contribution in [2.45, 2.75) is 33.7 Å². The Morgan fingerprint density at radius 1 is 1.19 bits per heavy atom. The molecule has 0 saturated heterocycles. The zero-order valence-electron chi connectivity index (χ0n) is 11.2. The van der Waals surface area contributed by atoms with Crippen LogP contribution in [0.1, 0.15) is 27.7 Å². The largest absolute Gasteiger partial charge is 0.354 e. The summed E-state index contributed by atoms with van der Waals surface area (Å²) in [6, 6.07) is -0.0944. The van der Waals surface area contributed by atoms with Crippen molar-refractivity contribution in [1.82, 2.24) is 10.6 Å². The first-order valence-corrected chi connectivity index (χ1v) is 7.36. The summed E-state index contributed by atoms with van der Waals surface area (Å²) in [7, 11) is 0. The quantitative estimate of drug-likeness (QED) is 0.685. The van der Waals surface area contributed by atoms with E-state index in [4.69, 9.17) is 0 Å². The highest BCUT2D eigenvalue weighted by Gasteiger charge is 2.12. The molecule has 2 unspecified atom stereocenters. The lowest BCUT2D eigenvalue weighted by Gasteiger charge is -2.17. The molecule has 3 nitrogen and oxygen atoms in total. The third-order valence-corrected chi connectivity index (χ3v) is 3.20. The van der Waals surface area contributed by atoms with Crippen LogP contribution in [-0.4, -0.2) is 37.0 Å². The van der Waals surface area contributed by atoms with E-state index in [0.29, 0.717) is 11.8 Å². The lowest BCUT2D eigenvalue weighted by atomic mass is 10.2. The molecular formula is C12H26N2OS. The zero-order valence-corrected chi connectivity index (χ0v) is 12.0. The van der Waals surface area contributed by atoms with Gasteiger partial charge in [0.1, 0.15) is 0 Å². The maximum absolute atomic E-state index is 11.6. The van der Waals surface area contributed by atoms with E-state index in [0.717, 1.165) is 18.8 Å². The molecule has 0 aliphatic heterocycles. The lowest BCUT2D eigenvalue weighted by Crippen LogP contribution is -2.44. The van der Waals surface area contributed by atoms with Gasteiger partial charge in [-0.3, -0.25) is 4.79 Å². The molecule has 0 aliphatic rings. The van der Waals surface area contributed by atoms with E-state index in [-0.39, 0.29) is 11.9 Å². The molecule has 0 aliphatic carbocycles. The van der Waals surface area contributed by atoms with Crippen molar-refractivity contribution in [3.63, 3.8) is 0 Å². The van der Waals surface area contributed by atoms with Crippen molar-refractivity contribution in [3.05, 3.63) is 0 Å². The van der Waals surface area contributed by atoms with Gasteiger partial charge in [-0.15, -0.1) is 0 Å². The van der Waals surface area contributed by atoms with Crippen molar-refractivity contribution in [1.29, 1.82) is 0 Å². The molecule has 0 aromatic rings. The third-order valence-electron chi connectivity index (χ3n) is 2.30. The molecule has 0 aromatic heterocycles. The third kappa shape index (κ3) is 7.99. The average Bonchev–Trinajstić information content (AvgIpc) is 2.22. The monoisotopic (exact) mass is 246 g/mol. The van der Waals surface area contributed by atoms with Crippen LogP contribution in [0.5, 0.6) is 0 Å². The Hall–Kier alpha value is -0.220. The smallest absolute Gasteiger partial charge is 0.236 e. The highest BCUT2D eigenvalue weighted by molar-refractivity contribution is 7.98. The molecule has 0 bridgehead atoms. The van der Waals surface area contributed by atoms with Crippen LogP contribution < -0.4 is 10.6 Å². The SMILES string of the molecule is CSCC(C)CNC(C)C(=O)NCC(C)C. The van der Waals surface area contributed by atoms with Gasteiger partial charge in [-0.2, -0.15) is 11.8 Å². The minimum Gasteiger partial charge on any atom is -0.354 e. The minimum atomic E-state index is -0.0944.